The van der Waals surface area contributed by atoms with Gasteiger partial charge in [0.2, 0.25) is 11.8 Å². The Hall–Kier alpha value is -5.39. The van der Waals surface area contributed by atoms with Crippen molar-refractivity contribution < 1.29 is 106 Å². The van der Waals surface area contributed by atoms with Gasteiger partial charge in [-0.2, -0.15) is 4.31 Å². The van der Waals surface area contributed by atoms with Crippen molar-refractivity contribution in [2.45, 2.75) is 57.3 Å². The number of aliphatic carboxylic acids is 1. The van der Waals surface area contributed by atoms with Crippen LogP contribution in [0.1, 0.15) is 44.0 Å². The van der Waals surface area contributed by atoms with Gasteiger partial charge in [0.05, 0.1) is 19.5 Å². The maximum atomic E-state index is 12.6. The van der Waals surface area contributed by atoms with E-state index in [9.17, 15) is 72.9 Å². The van der Waals surface area contributed by atoms with E-state index in [1.54, 1.807) is 42.5 Å². The van der Waals surface area contributed by atoms with Crippen LogP contribution in [0.3, 0.4) is 0 Å². The number of carbonyl (C=O) groups excluding carboxylic acids is 3. The number of benzene rings is 2. The maximum absolute atomic E-state index is 12.6. The van der Waals surface area contributed by atoms with E-state index in [2.05, 4.69) is 34.4 Å². The summed E-state index contributed by atoms with van der Waals surface area (Å²) in [7, 11) is -16.4. The second kappa shape index (κ2) is 25.3. The minimum atomic E-state index is -5.59. The van der Waals surface area contributed by atoms with Crippen LogP contribution in [0.4, 0.5) is 5.82 Å². The Morgan fingerprint density at radius 2 is 1.54 bits per heavy atom. The summed E-state index contributed by atoms with van der Waals surface area (Å²) in [5.74, 6) is -2.53. The van der Waals surface area contributed by atoms with Crippen LogP contribution in [0.5, 0.6) is 17.2 Å². The summed E-state index contributed by atoms with van der Waals surface area (Å²) < 4.78 is 61.8. The van der Waals surface area contributed by atoms with E-state index in [1.807, 2.05) is 6.08 Å². The molecule has 5 rings (SSSR count). The number of hydrogen-bond donors (Lipinski definition) is 13. The number of aromatic hydroxyl groups is 3. The molecule has 0 bridgehead atoms. The number of carboxylic acids is 1. The van der Waals surface area contributed by atoms with Crippen LogP contribution >= 0.6 is 35.2 Å². The first-order valence-electron chi connectivity index (χ1n) is 20.3. The average molecular weight is 1080 g/mol. The number of phenolic OH excluding ortho intramolecular Hbond substituents is 3. The summed E-state index contributed by atoms with van der Waals surface area (Å²) in [6.45, 7) is 0.132. The lowest BCUT2D eigenvalue weighted by atomic mass is 9.87. The molecule has 3 unspecified atom stereocenters. The number of aromatic nitrogens is 4. The number of phosphoric ester groups is 3. The topological polar surface area (TPSA) is 462 Å². The molecule has 0 aliphatic carbocycles. The van der Waals surface area contributed by atoms with Crippen LogP contribution in [-0.2, 0) is 55.5 Å². The molecule has 7 atom stereocenters. The van der Waals surface area contributed by atoms with Gasteiger partial charge in [-0.25, -0.2) is 28.6 Å². The third kappa shape index (κ3) is 18.9. The molecule has 4 aromatic rings. The number of aliphatic hydroxyl groups is 2. The molecule has 1 saturated heterocycles. The predicted molar refractivity (Wildman–Crippen MR) is 246 cm³/mol. The first-order chi connectivity index (χ1) is 33.0. The highest BCUT2D eigenvalue weighted by molar-refractivity contribution is 8.13. The molecule has 0 radical (unpaired) electrons. The summed E-state index contributed by atoms with van der Waals surface area (Å²) in [6, 6.07) is 11.1. The third-order valence-corrected chi connectivity index (χ3v) is 13.3. The number of aliphatic hydroxyl groups excluding tert-OH is 2. The zero-order valence-corrected chi connectivity index (χ0v) is 40.7. The fraction of sp³-hybridized carbons (Fsp3) is 0.395. The van der Waals surface area contributed by atoms with Gasteiger partial charge in [-0.3, -0.25) is 37.3 Å². The van der Waals surface area contributed by atoms with E-state index >= 15 is 0 Å². The van der Waals surface area contributed by atoms with Crippen molar-refractivity contribution in [2.75, 3.05) is 37.8 Å². The van der Waals surface area contributed by atoms with Gasteiger partial charge in [-0.1, -0.05) is 49.9 Å². The van der Waals surface area contributed by atoms with Gasteiger partial charge in [0.1, 0.15) is 59.9 Å². The summed E-state index contributed by atoms with van der Waals surface area (Å²) in [5.41, 5.74) is 5.81. The number of phosphoric acid groups is 3. The number of carboxylic acid groups (broad SMARTS) is 1. The maximum Gasteiger partial charge on any atom is 0.481 e. The van der Waals surface area contributed by atoms with Crippen molar-refractivity contribution in [3.05, 3.63) is 66.2 Å². The number of thioether (sulfide) groups is 1. The number of nitrogens with zero attached hydrogens (tertiary/aromatic N) is 4. The van der Waals surface area contributed by atoms with Gasteiger partial charge in [-0.15, -0.1) is 0 Å². The van der Waals surface area contributed by atoms with Gasteiger partial charge in [0.15, 0.2) is 22.8 Å². The highest BCUT2D eigenvalue weighted by Gasteiger charge is 2.50. The Labute approximate surface area is 406 Å². The number of imidazole rings is 1. The van der Waals surface area contributed by atoms with Gasteiger partial charge >= 0.3 is 29.4 Å². The highest BCUT2D eigenvalue weighted by atomic mass is 32.2. The fourth-order valence-electron chi connectivity index (χ4n) is 5.96. The Morgan fingerprint density at radius 3 is 2.17 bits per heavy atom. The van der Waals surface area contributed by atoms with Crippen molar-refractivity contribution in [3.8, 4) is 17.2 Å². The van der Waals surface area contributed by atoms with Crippen molar-refractivity contribution in [1.82, 2.24) is 30.2 Å². The van der Waals surface area contributed by atoms with Crippen molar-refractivity contribution in [3.63, 3.8) is 0 Å². The molecule has 1 aliphatic heterocycles. The summed E-state index contributed by atoms with van der Waals surface area (Å²) in [4.78, 5) is 97.0. The second-order valence-electron chi connectivity index (χ2n) is 15.6. The molecule has 1 fully saturated rings. The number of hydrogen-bond acceptors (Lipinski definition) is 22. The van der Waals surface area contributed by atoms with Crippen LogP contribution in [0.25, 0.3) is 23.3 Å². The summed E-state index contributed by atoms with van der Waals surface area (Å²) in [6.07, 6.45) is -4.19. The van der Waals surface area contributed by atoms with E-state index in [0.29, 0.717) is 5.56 Å². The van der Waals surface area contributed by atoms with Crippen LogP contribution in [0.2, 0.25) is 0 Å². The molecule has 2 amide bonds. The van der Waals surface area contributed by atoms with Crippen LogP contribution < -0.4 is 16.4 Å². The molecule has 1 aliphatic rings. The molecule has 71 heavy (non-hydrogen) atoms. The summed E-state index contributed by atoms with van der Waals surface area (Å²) in [5, 5.41) is 61.7. The Morgan fingerprint density at radius 1 is 0.901 bits per heavy atom. The Bertz CT molecular complexity index is 2670. The number of rotatable bonds is 23. The fourth-order valence-corrected chi connectivity index (χ4v) is 9.45. The first kappa shape index (κ1) is 58.2. The number of amides is 2. The molecule has 0 saturated carbocycles. The summed E-state index contributed by atoms with van der Waals surface area (Å²) >= 11 is 0.718. The number of carbonyl (C=O) groups is 4. The van der Waals surface area contributed by atoms with E-state index in [4.69, 9.17) is 29.7 Å². The van der Waals surface area contributed by atoms with Gasteiger partial charge in [0.25, 0.3) is 0 Å². The smallest absolute Gasteiger partial charge is 0.481 e. The zero-order chi connectivity index (χ0) is 52.9. The third-order valence-electron chi connectivity index (χ3n) is 9.35. The Balaban J connectivity index is 0.000000537. The van der Waals surface area contributed by atoms with E-state index < -0.39 is 102 Å². The van der Waals surface area contributed by atoms with E-state index in [1.165, 1.54) is 19.9 Å². The first-order valence-corrected chi connectivity index (χ1v) is 25.8. The quantitative estimate of drug-likeness (QED) is 0.0214. The number of nitrogen functional groups attached to an aromatic ring is 1. The van der Waals surface area contributed by atoms with E-state index in [0.717, 1.165) is 34.5 Å². The second-order valence-corrected chi connectivity index (χ2v) is 21.0. The molecule has 390 valence electrons. The molecular weight excluding hydrogens is 1030 g/mol. The average Bonchev–Trinajstić information content (AvgIpc) is 3.82. The normalized spacial score (nSPS) is 19.3. The minimum Gasteiger partial charge on any atom is -0.508 e. The number of nitrogens with two attached hydrogens (primary N) is 1. The number of ether oxygens (including phenoxy) is 1. The molecule has 29 nitrogen and oxygen atoms in total. The molecule has 33 heteroatoms. The van der Waals surface area contributed by atoms with E-state index in [-0.39, 0.29) is 59.5 Å². The molecule has 0 spiro atoms. The lowest BCUT2D eigenvalue weighted by Crippen LogP contribution is -2.46. The standard InChI is InChI=1S/C24H38N7O19P3S.C14H12O3/c1-24(2,19(37)22(38)27-4-3-13(32)26-5-6-54-15(35)7-14(33)34)9-47-53(44,45)50-52(42,43)46-8-12-18(49-51(39,40)41)17(36)23(48-12)31-11-30-16-20(25)28-10-29-21(16)31;15-12-5-3-10(4-6-12)1-2-11-7-13(16)9-14(17)8-11/h10-12,17-19,23,36-37H,3-9H2,1-2H3,(H,26,32)(H,27,38)(H,33,34)(H,42,43)(H,44,45)(H2,25,28,29)(H2,39,40,41);1-9,15-17H/t12-,17-,18-,19?,23-;/m1./s1. The molecule has 2 aromatic carbocycles. The number of phenols is 3. The zero-order valence-electron chi connectivity index (χ0n) is 37.2. The molecule has 14 N–H and O–H groups in total. The van der Waals surface area contributed by atoms with Crippen LogP contribution in [-0.4, -0.2) is 149 Å². The minimum absolute atomic E-state index is 0.0185. The molecular formula is C38H50N7O22P3S. The molecule has 2 aromatic heterocycles. The molecule has 3 heterocycles. The Kier molecular flexibility index (Phi) is 20.7. The lowest BCUT2D eigenvalue weighted by molar-refractivity contribution is -0.139. The van der Waals surface area contributed by atoms with Gasteiger partial charge < -0.3 is 71.3 Å². The van der Waals surface area contributed by atoms with Crippen LogP contribution in [0.15, 0.2) is 55.1 Å². The van der Waals surface area contributed by atoms with Crippen molar-refractivity contribution in [1.29, 1.82) is 0 Å². The lowest BCUT2D eigenvalue weighted by Gasteiger charge is -2.30. The largest absolute Gasteiger partial charge is 0.508 e. The monoisotopic (exact) mass is 1080 g/mol. The highest BCUT2D eigenvalue weighted by Crippen LogP contribution is 2.61. The van der Waals surface area contributed by atoms with Crippen molar-refractivity contribution >= 4 is 87.3 Å². The number of fused-ring (bicyclic) bond motifs is 1. The van der Waals surface area contributed by atoms with Gasteiger partial charge in [-0.05, 0) is 35.4 Å². The van der Waals surface area contributed by atoms with Crippen LogP contribution in [0, 0.1) is 5.41 Å². The number of nitrogens with one attached hydrogen (secondary N) is 2. The van der Waals surface area contributed by atoms with Gasteiger partial charge in [0, 0.05) is 36.7 Å². The number of anilines is 1. The van der Waals surface area contributed by atoms with Crippen molar-refractivity contribution in [2.24, 2.45) is 5.41 Å². The SMILES string of the molecule is CC(C)(COP(=O)(O)OP(=O)(O)OC[C@H]1O[C@@H](n2cnc3c(N)ncnc32)[C@H](O)[C@@H]1OP(=O)(O)O)C(O)C(=O)NCCC(=O)NCCSC(=O)CC(=O)O.Oc1ccc(C=Cc2cc(O)cc(O)c2)cc1. The predicted octanol–water partition coefficient (Wildman–Crippen LogP) is 1.11.